The second-order valence-corrected chi connectivity index (χ2v) is 11.8. The predicted molar refractivity (Wildman–Crippen MR) is 161 cm³/mol. The van der Waals surface area contributed by atoms with Crippen molar-refractivity contribution in [3.8, 4) is 22.3 Å². The highest BCUT2D eigenvalue weighted by atomic mass is 14.5. The van der Waals surface area contributed by atoms with Gasteiger partial charge >= 0.3 is 0 Å². The van der Waals surface area contributed by atoms with Crippen molar-refractivity contribution >= 4 is 11.1 Å². The van der Waals surface area contributed by atoms with Crippen LogP contribution >= 0.6 is 0 Å². The topological polar surface area (TPSA) is 0 Å². The molecule has 38 heavy (non-hydrogen) atoms. The molecule has 5 aromatic carbocycles. The van der Waals surface area contributed by atoms with Crippen LogP contribution in [0.25, 0.3) is 33.4 Å². The minimum absolute atomic E-state index is 0.0775. The summed E-state index contributed by atoms with van der Waals surface area (Å²) in [7, 11) is 0. The molecule has 7 rings (SSSR count). The fourth-order valence-electron chi connectivity index (χ4n) is 6.91. The van der Waals surface area contributed by atoms with Crippen LogP contribution in [0.5, 0.6) is 0 Å². The fourth-order valence-corrected chi connectivity index (χ4v) is 6.91. The molecule has 0 spiro atoms. The van der Waals surface area contributed by atoms with E-state index in [1.807, 2.05) is 0 Å². The summed E-state index contributed by atoms with van der Waals surface area (Å²) in [4.78, 5) is 0. The molecule has 0 radical (unpaired) electrons. The van der Waals surface area contributed by atoms with Crippen molar-refractivity contribution in [2.75, 3.05) is 0 Å². The number of rotatable bonds is 3. The SMILES string of the molecule is CC1(C)C(c2ccccc2)=C(c2ccccc2)c2cc3c(cc21)-c1ccc(-c2ccccc2)cc1C3(C)C. The molecule has 0 heterocycles. The van der Waals surface area contributed by atoms with Gasteiger partial charge in [0.1, 0.15) is 0 Å². The van der Waals surface area contributed by atoms with Gasteiger partial charge in [-0.25, -0.2) is 0 Å². The molecule has 0 unspecified atom stereocenters. The lowest BCUT2D eigenvalue weighted by Gasteiger charge is -2.26. The first-order valence-electron chi connectivity index (χ1n) is 13.6. The molecule has 0 atom stereocenters. The quantitative estimate of drug-likeness (QED) is 0.237. The van der Waals surface area contributed by atoms with Crippen molar-refractivity contribution in [1.82, 2.24) is 0 Å². The van der Waals surface area contributed by atoms with Crippen LogP contribution in [0.2, 0.25) is 0 Å². The molecule has 184 valence electrons. The van der Waals surface area contributed by atoms with E-state index in [4.69, 9.17) is 0 Å². The third kappa shape index (κ3) is 3.23. The van der Waals surface area contributed by atoms with E-state index in [-0.39, 0.29) is 10.8 Å². The van der Waals surface area contributed by atoms with Gasteiger partial charge in [0.2, 0.25) is 0 Å². The second-order valence-electron chi connectivity index (χ2n) is 11.8. The van der Waals surface area contributed by atoms with Gasteiger partial charge in [-0.05, 0) is 85.0 Å². The third-order valence-electron chi connectivity index (χ3n) is 8.86. The van der Waals surface area contributed by atoms with E-state index in [0.717, 1.165) is 0 Å². The molecule has 0 saturated heterocycles. The highest BCUT2D eigenvalue weighted by Gasteiger charge is 2.43. The summed E-state index contributed by atoms with van der Waals surface area (Å²) < 4.78 is 0. The number of allylic oxidation sites excluding steroid dienone is 1. The minimum atomic E-state index is -0.117. The molecule has 0 fully saturated rings. The lowest BCUT2D eigenvalue weighted by atomic mass is 9.76. The number of fused-ring (bicyclic) bond motifs is 4. The summed E-state index contributed by atoms with van der Waals surface area (Å²) in [5.41, 5.74) is 16.2. The monoisotopic (exact) mass is 488 g/mol. The molecule has 2 aliphatic rings. The van der Waals surface area contributed by atoms with Crippen molar-refractivity contribution in [1.29, 1.82) is 0 Å². The lowest BCUT2D eigenvalue weighted by Crippen LogP contribution is -2.18. The van der Waals surface area contributed by atoms with Crippen molar-refractivity contribution in [2.24, 2.45) is 0 Å². The first kappa shape index (κ1) is 23.0. The summed E-state index contributed by atoms with van der Waals surface area (Å²) in [5, 5.41) is 0. The maximum absolute atomic E-state index is 2.52. The maximum Gasteiger partial charge on any atom is 0.0165 e. The Morgan fingerprint density at radius 3 is 1.50 bits per heavy atom. The van der Waals surface area contributed by atoms with Crippen molar-refractivity contribution in [2.45, 2.75) is 38.5 Å². The van der Waals surface area contributed by atoms with Gasteiger partial charge in [-0.15, -0.1) is 0 Å². The largest absolute Gasteiger partial charge is 0.0622 e. The van der Waals surface area contributed by atoms with Gasteiger partial charge in [0, 0.05) is 10.8 Å². The van der Waals surface area contributed by atoms with Crippen LogP contribution in [-0.2, 0) is 10.8 Å². The molecule has 0 N–H and O–H groups in total. The fraction of sp³-hybridized carbons (Fsp3) is 0.158. The minimum Gasteiger partial charge on any atom is -0.0622 e. The molecule has 0 aromatic heterocycles. The molecule has 0 nitrogen and oxygen atoms in total. The Morgan fingerprint density at radius 2 is 0.868 bits per heavy atom. The second kappa shape index (κ2) is 8.17. The third-order valence-corrected chi connectivity index (χ3v) is 8.86. The van der Waals surface area contributed by atoms with Crippen molar-refractivity contribution < 1.29 is 0 Å². The predicted octanol–water partition coefficient (Wildman–Crippen LogP) is 9.91. The molecule has 0 bridgehead atoms. The van der Waals surface area contributed by atoms with Gasteiger partial charge < -0.3 is 0 Å². The zero-order valence-electron chi connectivity index (χ0n) is 22.5. The van der Waals surface area contributed by atoms with Crippen LogP contribution in [0, 0.1) is 0 Å². The normalized spacial score (nSPS) is 16.2. The Labute approximate surface area is 226 Å². The van der Waals surface area contributed by atoms with E-state index < -0.39 is 0 Å². The lowest BCUT2D eigenvalue weighted by molar-refractivity contribution is 0.658. The standard InChI is InChI=1S/C38H32/c1-37(2)32-22-28(25-14-8-5-9-15-25)20-21-29(32)30-23-34-31(24-33(30)37)35(26-16-10-6-11-17-26)36(38(34,3)4)27-18-12-7-13-19-27/h5-24H,1-4H3. The molecular formula is C38H32. The molecule has 0 amide bonds. The summed E-state index contributed by atoms with van der Waals surface area (Å²) in [6.45, 7) is 9.58. The average molecular weight is 489 g/mol. The van der Waals surface area contributed by atoms with Gasteiger partial charge in [-0.1, -0.05) is 131 Å². The summed E-state index contributed by atoms with van der Waals surface area (Å²) >= 11 is 0. The van der Waals surface area contributed by atoms with E-state index in [2.05, 4.69) is 149 Å². The van der Waals surface area contributed by atoms with Crippen LogP contribution < -0.4 is 0 Å². The van der Waals surface area contributed by atoms with Crippen LogP contribution in [0.1, 0.15) is 61.1 Å². The first-order chi connectivity index (χ1) is 18.4. The van der Waals surface area contributed by atoms with Crippen LogP contribution in [0.4, 0.5) is 0 Å². The Morgan fingerprint density at radius 1 is 0.368 bits per heavy atom. The van der Waals surface area contributed by atoms with Crippen LogP contribution in [0.15, 0.2) is 121 Å². The van der Waals surface area contributed by atoms with E-state index in [0.29, 0.717) is 0 Å². The van der Waals surface area contributed by atoms with E-state index in [1.54, 1.807) is 0 Å². The Hall–Kier alpha value is -4.16. The molecule has 0 aliphatic heterocycles. The van der Waals surface area contributed by atoms with E-state index in [9.17, 15) is 0 Å². The Kier molecular flexibility index (Phi) is 4.94. The molecule has 0 heteroatoms. The number of hydrogen-bond acceptors (Lipinski definition) is 0. The average Bonchev–Trinajstić information content (AvgIpc) is 3.32. The molecule has 5 aromatic rings. The summed E-state index contributed by atoms with van der Waals surface area (Å²) in [6, 6.07) is 44.8. The summed E-state index contributed by atoms with van der Waals surface area (Å²) in [5.74, 6) is 0. The van der Waals surface area contributed by atoms with Gasteiger partial charge in [0.05, 0.1) is 0 Å². The van der Waals surface area contributed by atoms with E-state index in [1.165, 1.54) is 66.8 Å². The van der Waals surface area contributed by atoms with Gasteiger partial charge in [-0.2, -0.15) is 0 Å². The Bertz CT molecular complexity index is 1720. The molecular weight excluding hydrogens is 456 g/mol. The van der Waals surface area contributed by atoms with Crippen molar-refractivity contribution in [3.05, 3.63) is 155 Å². The van der Waals surface area contributed by atoms with Crippen LogP contribution in [-0.4, -0.2) is 0 Å². The Balaban J connectivity index is 1.47. The maximum atomic E-state index is 2.52. The van der Waals surface area contributed by atoms with Crippen LogP contribution in [0.3, 0.4) is 0 Å². The van der Waals surface area contributed by atoms with Gasteiger partial charge in [0.25, 0.3) is 0 Å². The number of hydrogen-bond donors (Lipinski definition) is 0. The summed E-state index contributed by atoms with van der Waals surface area (Å²) in [6.07, 6.45) is 0. The number of benzene rings is 5. The van der Waals surface area contributed by atoms with Crippen molar-refractivity contribution in [3.63, 3.8) is 0 Å². The highest BCUT2D eigenvalue weighted by Crippen LogP contribution is 2.58. The smallest absolute Gasteiger partial charge is 0.0165 e. The molecule has 0 saturated carbocycles. The van der Waals surface area contributed by atoms with Gasteiger partial charge in [0.15, 0.2) is 0 Å². The highest BCUT2D eigenvalue weighted by molar-refractivity contribution is 6.08. The van der Waals surface area contributed by atoms with Gasteiger partial charge in [-0.3, -0.25) is 0 Å². The molecule has 2 aliphatic carbocycles. The first-order valence-corrected chi connectivity index (χ1v) is 13.6. The van der Waals surface area contributed by atoms with E-state index >= 15 is 0 Å². The zero-order valence-corrected chi connectivity index (χ0v) is 22.5. The zero-order chi connectivity index (χ0) is 26.1.